The van der Waals surface area contributed by atoms with Gasteiger partial charge < -0.3 is 10.5 Å². The van der Waals surface area contributed by atoms with Crippen molar-refractivity contribution in [3.8, 4) is 0 Å². The van der Waals surface area contributed by atoms with Crippen LogP contribution in [0.1, 0.15) is 19.8 Å². The lowest BCUT2D eigenvalue weighted by molar-refractivity contribution is -0.0390. The summed E-state index contributed by atoms with van der Waals surface area (Å²) >= 11 is 0. The molecule has 0 saturated carbocycles. The quantitative estimate of drug-likeness (QED) is 0.703. The Bertz CT molecular complexity index is 247. The van der Waals surface area contributed by atoms with Gasteiger partial charge in [-0.2, -0.15) is 0 Å². The Morgan fingerprint density at radius 3 is 2.31 bits per heavy atom. The summed E-state index contributed by atoms with van der Waals surface area (Å²) in [6.07, 6.45) is 1.08. The predicted molar refractivity (Wildman–Crippen MR) is 51.3 cm³/mol. The van der Waals surface area contributed by atoms with Crippen molar-refractivity contribution in [2.75, 3.05) is 24.7 Å². The first kappa shape index (κ1) is 10.9. The molecule has 2 N–H and O–H groups in total. The average molecular weight is 207 g/mol. The maximum Gasteiger partial charge on any atom is 0.150 e. The standard InChI is InChI=1S/C8H17NO3S/c1-2-12-8(7-9)3-5-13(10,11)6-4-8/h2-7,9H2,1H3. The van der Waals surface area contributed by atoms with Crippen molar-refractivity contribution < 1.29 is 13.2 Å². The number of nitrogens with two attached hydrogens (primary N) is 1. The highest BCUT2D eigenvalue weighted by Crippen LogP contribution is 2.26. The number of hydrogen-bond acceptors (Lipinski definition) is 4. The molecule has 0 atom stereocenters. The van der Waals surface area contributed by atoms with E-state index in [1.165, 1.54) is 0 Å². The van der Waals surface area contributed by atoms with Gasteiger partial charge in [-0.05, 0) is 19.8 Å². The van der Waals surface area contributed by atoms with Crippen molar-refractivity contribution in [2.24, 2.45) is 5.73 Å². The molecule has 1 heterocycles. The molecule has 4 nitrogen and oxygen atoms in total. The fourth-order valence-corrected chi connectivity index (χ4v) is 3.19. The van der Waals surface area contributed by atoms with Crippen LogP contribution in [0, 0.1) is 0 Å². The van der Waals surface area contributed by atoms with Crippen molar-refractivity contribution in [2.45, 2.75) is 25.4 Å². The summed E-state index contributed by atoms with van der Waals surface area (Å²) in [7, 11) is -2.82. The van der Waals surface area contributed by atoms with E-state index in [-0.39, 0.29) is 17.1 Å². The molecule has 78 valence electrons. The van der Waals surface area contributed by atoms with Crippen LogP contribution in [0.25, 0.3) is 0 Å². The number of rotatable bonds is 3. The number of sulfone groups is 1. The van der Waals surface area contributed by atoms with Crippen LogP contribution in [0.2, 0.25) is 0 Å². The van der Waals surface area contributed by atoms with Crippen molar-refractivity contribution in [1.29, 1.82) is 0 Å². The van der Waals surface area contributed by atoms with Crippen LogP contribution in [0.3, 0.4) is 0 Å². The zero-order chi connectivity index (χ0) is 9.95. The van der Waals surface area contributed by atoms with Crippen molar-refractivity contribution >= 4 is 9.84 Å². The Balaban J connectivity index is 2.63. The zero-order valence-electron chi connectivity index (χ0n) is 7.95. The Kier molecular flexibility index (Phi) is 3.32. The van der Waals surface area contributed by atoms with Crippen LogP contribution < -0.4 is 5.73 Å². The van der Waals surface area contributed by atoms with Gasteiger partial charge in [0, 0.05) is 13.2 Å². The highest BCUT2D eigenvalue weighted by molar-refractivity contribution is 7.91. The minimum atomic E-state index is -2.82. The molecule has 1 saturated heterocycles. The molecular formula is C8H17NO3S. The van der Waals surface area contributed by atoms with Crippen LogP contribution in [-0.4, -0.2) is 38.7 Å². The van der Waals surface area contributed by atoms with Crippen molar-refractivity contribution in [3.05, 3.63) is 0 Å². The molecule has 0 aromatic heterocycles. The van der Waals surface area contributed by atoms with E-state index in [4.69, 9.17) is 10.5 Å². The van der Waals surface area contributed by atoms with Gasteiger partial charge in [-0.3, -0.25) is 0 Å². The minimum Gasteiger partial charge on any atom is -0.374 e. The highest BCUT2D eigenvalue weighted by Gasteiger charge is 2.36. The van der Waals surface area contributed by atoms with E-state index in [1.54, 1.807) is 0 Å². The molecule has 5 heteroatoms. The van der Waals surface area contributed by atoms with E-state index in [0.29, 0.717) is 26.0 Å². The van der Waals surface area contributed by atoms with Gasteiger partial charge in [-0.25, -0.2) is 8.42 Å². The first-order valence-corrected chi connectivity index (χ1v) is 6.40. The maximum absolute atomic E-state index is 11.2. The summed E-state index contributed by atoms with van der Waals surface area (Å²) in [5.74, 6) is 0.425. The van der Waals surface area contributed by atoms with Crippen LogP contribution in [0.4, 0.5) is 0 Å². The summed E-state index contributed by atoms with van der Waals surface area (Å²) in [6, 6.07) is 0. The van der Waals surface area contributed by atoms with Gasteiger partial charge in [0.25, 0.3) is 0 Å². The fraction of sp³-hybridized carbons (Fsp3) is 1.00. The Hall–Kier alpha value is -0.130. The third kappa shape index (κ3) is 2.65. The molecule has 1 rings (SSSR count). The van der Waals surface area contributed by atoms with Crippen molar-refractivity contribution in [1.82, 2.24) is 0 Å². The van der Waals surface area contributed by atoms with Gasteiger partial charge in [0.2, 0.25) is 0 Å². The molecule has 0 unspecified atom stereocenters. The molecule has 13 heavy (non-hydrogen) atoms. The lowest BCUT2D eigenvalue weighted by Gasteiger charge is -2.35. The topological polar surface area (TPSA) is 69.4 Å². The molecule has 1 aliphatic heterocycles. The lowest BCUT2D eigenvalue weighted by atomic mass is 9.97. The molecule has 0 aromatic rings. The van der Waals surface area contributed by atoms with Gasteiger partial charge in [0.1, 0.15) is 0 Å². The molecular weight excluding hydrogens is 190 g/mol. The second-order valence-corrected chi connectivity index (χ2v) is 5.78. The second-order valence-electron chi connectivity index (χ2n) is 3.47. The van der Waals surface area contributed by atoms with Crippen LogP contribution in [0.15, 0.2) is 0 Å². The van der Waals surface area contributed by atoms with E-state index in [1.807, 2.05) is 6.92 Å². The smallest absolute Gasteiger partial charge is 0.150 e. The number of hydrogen-bond donors (Lipinski definition) is 1. The first-order chi connectivity index (χ1) is 6.04. The molecule has 1 aliphatic rings. The second kappa shape index (κ2) is 3.94. The molecule has 0 spiro atoms. The summed E-state index contributed by atoms with van der Waals surface area (Å²) in [4.78, 5) is 0. The molecule has 1 fully saturated rings. The predicted octanol–water partition coefficient (Wildman–Crippen LogP) is -0.0710. The van der Waals surface area contributed by atoms with Gasteiger partial charge in [0.05, 0.1) is 17.1 Å². The van der Waals surface area contributed by atoms with Gasteiger partial charge in [-0.1, -0.05) is 0 Å². The SMILES string of the molecule is CCOC1(CN)CCS(=O)(=O)CC1. The van der Waals surface area contributed by atoms with E-state index in [9.17, 15) is 8.42 Å². The van der Waals surface area contributed by atoms with E-state index >= 15 is 0 Å². The fourth-order valence-electron chi connectivity index (χ4n) is 1.62. The van der Waals surface area contributed by atoms with Crippen molar-refractivity contribution in [3.63, 3.8) is 0 Å². The van der Waals surface area contributed by atoms with E-state index < -0.39 is 9.84 Å². The Morgan fingerprint density at radius 2 is 1.92 bits per heavy atom. The lowest BCUT2D eigenvalue weighted by Crippen LogP contribution is -2.47. The molecule has 0 aliphatic carbocycles. The summed E-state index contributed by atoms with van der Waals surface area (Å²) in [6.45, 7) is 2.91. The van der Waals surface area contributed by atoms with Gasteiger partial charge in [-0.15, -0.1) is 0 Å². The van der Waals surface area contributed by atoms with Crippen LogP contribution in [0.5, 0.6) is 0 Å². The van der Waals surface area contributed by atoms with Crippen LogP contribution >= 0.6 is 0 Å². The van der Waals surface area contributed by atoms with E-state index in [2.05, 4.69) is 0 Å². The van der Waals surface area contributed by atoms with Gasteiger partial charge in [0.15, 0.2) is 9.84 Å². The van der Waals surface area contributed by atoms with Crippen LogP contribution in [-0.2, 0) is 14.6 Å². The molecule has 0 amide bonds. The third-order valence-electron chi connectivity index (χ3n) is 2.56. The Labute approximate surface area is 79.4 Å². The largest absolute Gasteiger partial charge is 0.374 e. The highest BCUT2D eigenvalue weighted by atomic mass is 32.2. The van der Waals surface area contributed by atoms with E-state index in [0.717, 1.165) is 0 Å². The zero-order valence-corrected chi connectivity index (χ0v) is 8.77. The maximum atomic E-state index is 11.2. The summed E-state index contributed by atoms with van der Waals surface area (Å²) in [5.41, 5.74) is 5.22. The monoisotopic (exact) mass is 207 g/mol. The average Bonchev–Trinajstić information content (AvgIpc) is 2.10. The first-order valence-electron chi connectivity index (χ1n) is 4.58. The molecule has 0 radical (unpaired) electrons. The summed E-state index contributed by atoms with van der Waals surface area (Å²) < 4.78 is 27.8. The van der Waals surface area contributed by atoms with Gasteiger partial charge >= 0.3 is 0 Å². The normalized spacial score (nSPS) is 25.7. The Morgan fingerprint density at radius 1 is 1.38 bits per heavy atom. The summed E-state index contributed by atoms with van der Waals surface area (Å²) in [5, 5.41) is 0. The molecule has 0 bridgehead atoms. The minimum absolute atomic E-state index is 0.212. The number of ether oxygens (including phenoxy) is 1. The molecule has 0 aromatic carbocycles. The third-order valence-corrected chi connectivity index (χ3v) is 4.21.